The number of hydrogen-bond donors (Lipinski definition) is 2. The van der Waals surface area contributed by atoms with Crippen LogP contribution in [0.4, 0.5) is 14.5 Å². The summed E-state index contributed by atoms with van der Waals surface area (Å²) in [5, 5.41) is 2.44. The Bertz CT molecular complexity index is 467. The number of nitrogens with two attached hydrogens (primary N) is 1. The smallest absolute Gasteiger partial charge is 0.254 e. The van der Waals surface area contributed by atoms with Crippen molar-refractivity contribution in [1.29, 1.82) is 0 Å². The molecule has 0 fully saturated rings. The van der Waals surface area contributed by atoms with E-state index < -0.39 is 28.8 Å². The van der Waals surface area contributed by atoms with E-state index in [2.05, 4.69) is 5.32 Å². The monoisotopic (exact) mass is 287 g/mol. The maximum Gasteiger partial charge on any atom is 0.254 e. The summed E-state index contributed by atoms with van der Waals surface area (Å²) in [5.74, 6) is -2.39. The zero-order valence-electron chi connectivity index (χ0n) is 11.6. The molecule has 0 aliphatic rings. The molecule has 1 aromatic carbocycles. The van der Waals surface area contributed by atoms with Gasteiger partial charge >= 0.3 is 0 Å². The number of ether oxygens (including phenoxy) is 1. The average molecular weight is 287 g/mol. The van der Waals surface area contributed by atoms with Gasteiger partial charge in [-0.05, 0) is 26.2 Å². The summed E-state index contributed by atoms with van der Waals surface area (Å²) >= 11 is 0. The maximum absolute atomic E-state index is 13.6. The third kappa shape index (κ3) is 5.10. The van der Waals surface area contributed by atoms with Crippen LogP contribution in [0.2, 0.25) is 0 Å². The highest BCUT2D eigenvalue weighted by Gasteiger charge is 2.15. The predicted molar refractivity (Wildman–Crippen MR) is 72.5 cm³/mol. The number of hydrogen-bond acceptors (Lipinski definition) is 4. The minimum Gasteiger partial charge on any atom is -0.396 e. The van der Waals surface area contributed by atoms with E-state index in [0.717, 1.165) is 18.7 Å². The number of carbonyl (C=O) groups is 1. The first kappa shape index (κ1) is 16.3. The van der Waals surface area contributed by atoms with Crippen LogP contribution in [0.25, 0.3) is 0 Å². The standard InChI is InChI=1S/C13H19F2N3O2/c1-18(2)4-6-20-5-3-17-13(19)10-7-9(14)8-11(16)12(10)15/h7-8H,3-6,16H2,1-2H3,(H,17,19). The second-order valence-corrected chi connectivity index (χ2v) is 4.53. The van der Waals surface area contributed by atoms with E-state index in [0.29, 0.717) is 13.2 Å². The molecule has 0 atom stereocenters. The molecule has 7 heteroatoms. The highest BCUT2D eigenvalue weighted by molar-refractivity contribution is 5.95. The summed E-state index contributed by atoms with van der Waals surface area (Å²) in [7, 11) is 3.84. The molecule has 1 amide bonds. The fourth-order valence-corrected chi connectivity index (χ4v) is 1.46. The number of likely N-dealkylation sites (N-methyl/N-ethyl adjacent to an activating group) is 1. The molecule has 1 rings (SSSR count). The Kier molecular flexibility index (Phi) is 6.33. The van der Waals surface area contributed by atoms with E-state index >= 15 is 0 Å². The van der Waals surface area contributed by atoms with E-state index in [4.69, 9.17) is 10.5 Å². The first-order valence-electron chi connectivity index (χ1n) is 6.17. The van der Waals surface area contributed by atoms with Crippen molar-refractivity contribution in [2.75, 3.05) is 46.1 Å². The molecule has 112 valence electrons. The SMILES string of the molecule is CN(C)CCOCCNC(=O)c1cc(F)cc(N)c1F. The lowest BCUT2D eigenvalue weighted by molar-refractivity contribution is 0.0896. The first-order valence-corrected chi connectivity index (χ1v) is 6.17. The Labute approximate surface area is 116 Å². The zero-order chi connectivity index (χ0) is 15.1. The van der Waals surface area contributed by atoms with Crippen LogP contribution in [0.5, 0.6) is 0 Å². The van der Waals surface area contributed by atoms with Gasteiger partial charge in [0, 0.05) is 13.1 Å². The van der Waals surface area contributed by atoms with Gasteiger partial charge in [-0.1, -0.05) is 0 Å². The topological polar surface area (TPSA) is 67.6 Å². The van der Waals surface area contributed by atoms with Crippen LogP contribution in [-0.4, -0.2) is 51.2 Å². The summed E-state index contributed by atoms with van der Waals surface area (Å²) in [4.78, 5) is 13.6. The molecule has 0 heterocycles. The van der Waals surface area contributed by atoms with E-state index in [1.807, 2.05) is 19.0 Å². The molecule has 0 aliphatic carbocycles. The van der Waals surface area contributed by atoms with Gasteiger partial charge in [-0.2, -0.15) is 0 Å². The number of amides is 1. The fraction of sp³-hybridized carbons (Fsp3) is 0.462. The normalized spacial score (nSPS) is 10.8. The van der Waals surface area contributed by atoms with Crippen molar-refractivity contribution in [3.63, 3.8) is 0 Å². The third-order valence-electron chi connectivity index (χ3n) is 2.52. The van der Waals surface area contributed by atoms with Gasteiger partial charge in [0.1, 0.15) is 5.82 Å². The van der Waals surface area contributed by atoms with E-state index in [9.17, 15) is 13.6 Å². The molecule has 3 N–H and O–H groups in total. The number of nitrogens with one attached hydrogen (secondary N) is 1. The van der Waals surface area contributed by atoms with Crippen molar-refractivity contribution in [3.05, 3.63) is 29.3 Å². The molecule has 0 aromatic heterocycles. The first-order chi connectivity index (χ1) is 9.41. The van der Waals surface area contributed by atoms with Gasteiger partial charge in [-0.25, -0.2) is 8.78 Å². The molecular formula is C13H19F2N3O2. The number of carbonyl (C=O) groups excluding carboxylic acids is 1. The van der Waals surface area contributed by atoms with Crippen LogP contribution in [-0.2, 0) is 4.74 Å². The van der Waals surface area contributed by atoms with Crippen LogP contribution in [0.3, 0.4) is 0 Å². The van der Waals surface area contributed by atoms with Crippen LogP contribution in [0.15, 0.2) is 12.1 Å². The van der Waals surface area contributed by atoms with Crippen LogP contribution in [0, 0.1) is 11.6 Å². The minimum absolute atomic E-state index is 0.210. The number of halogens is 2. The predicted octanol–water partition coefficient (Wildman–Crippen LogP) is 0.855. The molecule has 0 saturated heterocycles. The van der Waals surface area contributed by atoms with E-state index in [-0.39, 0.29) is 6.54 Å². The second-order valence-electron chi connectivity index (χ2n) is 4.53. The quantitative estimate of drug-likeness (QED) is 0.576. The van der Waals surface area contributed by atoms with Crippen LogP contribution < -0.4 is 11.1 Å². The number of benzene rings is 1. The lowest BCUT2D eigenvalue weighted by atomic mass is 10.1. The summed E-state index contributed by atoms with van der Waals surface area (Å²) in [6, 6.07) is 1.64. The lowest BCUT2D eigenvalue weighted by Crippen LogP contribution is -2.29. The Balaban J connectivity index is 2.40. The Hall–Kier alpha value is -1.73. The Morgan fingerprint density at radius 1 is 1.35 bits per heavy atom. The molecule has 20 heavy (non-hydrogen) atoms. The van der Waals surface area contributed by atoms with Crippen molar-refractivity contribution >= 4 is 11.6 Å². The Morgan fingerprint density at radius 3 is 2.70 bits per heavy atom. The molecule has 5 nitrogen and oxygen atoms in total. The van der Waals surface area contributed by atoms with E-state index in [1.54, 1.807) is 0 Å². The minimum atomic E-state index is -0.919. The summed E-state index contributed by atoms with van der Waals surface area (Å²) in [6.45, 7) is 1.81. The summed E-state index contributed by atoms with van der Waals surface area (Å²) in [6.07, 6.45) is 0. The van der Waals surface area contributed by atoms with Gasteiger partial charge in [-0.3, -0.25) is 4.79 Å². The van der Waals surface area contributed by atoms with Gasteiger partial charge in [-0.15, -0.1) is 0 Å². The highest BCUT2D eigenvalue weighted by atomic mass is 19.1. The van der Waals surface area contributed by atoms with Gasteiger partial charge in [0.25, 0.3) is 5.91 Å². The lowest BCUT2D eigenvalue weighted by Gasteiger charge is -2.11. The molecule has 0 radical (unpaired) electrons. The van der Waals surface area contributed by atoms with Crippen LogP contribution in [0.1, 0.15) is 10.4 Å². The van der Waals surface area contributed by atoms with Crippen molar-refractivity contribution in [1.82, 2.24) is 10.2 Å². The Morgan fingerprint density at radius 2 is 2.05 bits per heavy atom. The largest absolute Gasteiger partial charge is 0.396 e. The number of nitrogens with zero attached hydrogens (tertiary/aromatic N) is 1. The van der Waals surface area contributed by atoms with Gasteiger partial charge in [0.2, 0.25) is 0 Å². The third-order valence-corrected chi connectivity index (χ3v) is 2.52. The number of rotatable bonds is 7. The van der Waals surface area contributed by atoms with Gasteiger partial charge in [0.15, 0.2) is 5.82 Å². The second kappa shape index (κ2) is 7.76. The average Bonchev–Trinajstić information content (AvgIpc) is 2.37. The zero-order valence-corrected chi connectivity index (χ0v) is 11.6. The molecule has 0 unspecified atom stereocenters. The maximum atomic E-state index is 13.6. The molecule has 0 saturated carbocycles. The summed E-state index contributed by atoms with van der Waals surface area (Å²) in [5.41, 5.74) is 4.46. The molecule has 0 bridgehead atoms. The molecule has 0 aliphatic heterocycles. The van der Waals surface area contributed by atoms with Crippen molar-refractivity contribution in [3.8, 4) is 0 Å². The summed E-state index contributed by atoms with van der Waals surface area (Å²) < 4.78 is 31.9. The van der Waals surface area contributed by atoms with Crippen LogP contribution >= 0.6 is 0 Å². The van der Waals surface area contributed by atoms with Crippen molar-refractivity contribution in [2.24, 2.45) is 0 Å². The molecular weight excluding hydrogens is 268 g/mol. The van der Waals surface area contributed by atoms with E-state index in [1.165, 1.54) is 0 Å². The van der Waals surface area contributed by atoms with Gasteiger partial charge < -0.3 is 20.7 Å². The van der Waals surface area contributed by atoms with Gasteiger partial charge in [0.05, 0.1) is 24.5 Å². The molecule has 0 spiro atoms. The number of nitrogen functional groups attached to an aromatic ring is 1. The molecule has 1 aromatic rings. The highest BCUT2D eigenvalue weighted by Crippen LogP contribution is 2.17. The fourth-order valence-electron chi connectivity index (χ4n) is 1.46. The van der Waals surface area contributed by atoms with Crippen molar-refractivity contribution in [2.45, 2.75) is 0 Å². The van der Waals surface area contributed by atoms with Crippen molar-refractivity contribution < 1.29 is 18.3 Å². The number of anilines is 1.